The molecule has 1 aliphatic rings. The Kier molecular flexibility index (Phi) is 16.0. The first-order valence-electron chi connectivity index (χ1n) is 32.4. The number of benzene rings is 9. The molecule has 0 aliphatic carbocycles. The van der Waals surface area contributed by atoms with Gasteiger partial charge in [0, 0.05) is 83.2 Å². The van der Waals surface area contributed by atoms with Crippen molar-refractivity contribution in [1.82, 2.24) is 9.55 Å². The quantitative estimate of drug-likeness (QED) is 0.142. The molecule has 12 aromatic rings. The van der Waals surface area contributed by atoms with Crippen LogP contribution in [0.2, 0.25) is 0 Å². The number of aromatic nitrogens is 2. The summed E-state index contributed by atoms with van der Waals surface area (Å²) in [5, 5.41) is 3.68. The summed E-state index contributed by atoms with van der Waals surface area (Å²) in [6.07, 6.45) is 1.89. The van der Waals surface area contributed by atoms with E-state index in [1.807, 2.05) is 30.5 Å². The number of pyridine rings is 1. The average molecular weight is 1400 g/mol. The molecule has 474 valence electrons. The predicted molar refractivity (Wildman–Crippen MR) is 386 cm³/mol. The average Bonchev–Trinajstić information content (AvgIpc) is 1.59. The third-order valence-electron chi connectivity index (χ3n) is 18.5. The van der Waals surface area contributed by atoms with Gasteiger partial charge >= 0.3 is 0 Å². The zero-order valence-corrected chi connectivity index (χ0v) is 59.5. The molecule has 1 aliphatic heterocycles. The van der Waals surface area contributed by atoms with E-state index >= 15 is 0 Å². The van der Waals surface area contributed by atoms with Crippen molar-refractivity contribution in [2.45, 2.75) is 157 Å². The summed E-state index contributed by atoms with van der Waals surface area (Å²) in [5.74, 6) is 1.81. The van der Waals surface area contributed by atoms with Crippen molar-refractivity contribution in [1.29, 1.82) is 0 Å². The van der Waals surface area contributed by atoms with Gasteiger partial charge in [0.25, 0.3) is 0 Å². The predicted octanol–water partition coefficient (Wildman–Crippen LogP) is 24.2. The number of anilines is 4. The van der Waals surface area contributed by atoms with E-state index < -0.39 is 0 Å². The van der Waals surface area contributed by atoms with Crippen molar-refractivity contribution >= 4 is 72.2 Å². The second-order valence-corrected chi connectivity index (χ2v) is 31.4. The SMILES string of the molecule is [C-]#[N+]c1cccc2c1oc1c2ccc2c1c1ccc(Oc3[c-]c(N4[CH-]N(c5c(-c6ccc(C(C)(C)C)cc6)cc(C(C)(C)C)cc5-c5ccc(C(C)(C)C)cc5)c5ccccc54)cc(-c4c(C(C)(C)C)cccc4C(C)(C)C)c3)[c-]c1n2-c1cc(C(C)(C)C)ccn1.[Pt]. The van der Waals surface area contributed by atoms with Gasteiger partial charge in [0.15, 0.2) is 0 Å². The van der Waals surface area contributed by atoms with Gasteiger partial charge in [0.2, 0.25) is 5.69 Å². The molecule has 8 heteroatoms. The van der Waals surface area contributed by atoms with Crippen LogP contribution in [-0.2, 0) is 53.6 Å². The van der Waals surface area contributed by atoms with E-state index in [1.54, 1.807) is 0 Å². The monoisotopic (exact) mass is 1400 g/mol. The molecule has 3 aromatic heterocycles. The van der Waals surface area contributed by atoms with Gasteiger partial charge in [-0.1, -0.05) is 233 Å². The second-order valence-electron chi connectivity index (χ2n) is 31.4. The topological polar surface area (TPSA) is 51.0 Å². The van der Waals surface area contributed by atoms with Gasteiger partial charge in [0.1, 0.15) is 17.0 Å². The van der Waals surface area contributed by atoms with Gasteiger partial charge in [-0.2, -0.15) is 6.07 Å². The molecule has 4 heterocycles. The van der Waals surface area contributed by atoms with Gasteiger partial charge in [0.05, 0.1) is 6.57 Å². The fourth-order valence-corrected chi connectivity index (χ4v) is 13.3. The van der Waals surface area contributed by atoms with Crippen molar-refractivity contribution < 1.29 is 30.2 Å². The van der Waals surface area contributed by atoms with Crippen LogP contribution < -0.4 is 14.5 Å². The molecule has 0 bridgehead atoms. The Hall–Kier alpha value is -8.69. The van der Waals surface area contributed by atoms with Gasteiger partial charge < -0.3 is 23.5 Å². The molecule has 0 fully saturated rings. The van der Waals surface area contributed by atoms with Gasteiger partial charge in [-0.05, 0) is 136 Å². The van der Waals surface area contributed by atoms with Crippen LogP contribution in [0.3, 0.4) is 0 Å². The molecule has 0 atom stereocenters. The number of ether oxygens (including phenoxy) is 1. The van der Waals surface area contributed by atoms with Crippen LogP contribution in [0.1, 0.15) is 158 Å². The van der Waals surface area contributed by atoms with Crippen molar-refractivity contribution in [2.24, 2.45) is 0 Å². The Bertz CT molecular complexity index is 4820. The van der Waals surface area contributed by atoms with Crippen molar-refractivity contribution in [3.05, 3.63) is 240 Å². The van der Waals surface area contributed by atoms with E-state index in [0.29, 0.717) is 28.4 Å². The molecular weight excluding hydrogens is 1320 g/mol. The number of fused-ring (bicyclic) bond motifs is 8. The molecule has 9 aromatic carbocycles. The number of furan rings is 1. The van der Waals surface area contributed by atoms with E-state index in [2.05, 4.69) is 308 Å². The molecule has 0 saturated carbocycles. The van der Waals surface area contributed by atoms with E-state index in [1.165, 1.54) is 33.4 Å². The third-order valence-corrected chi connectivity index (χ3v) is 18.5. The van der Waals surface area contributed by atoms with Crippen molar-refractivity contribution in [3.63, 3.8) is 0 Å². The van der Waals surface area contributed by atoms with Crippen LogP contribution in [0.5, 0.6) is 11.5 Å². The number of nitrogens with zero attached hydrogens (tertiary/aromatic N) is 5. The minimum Gasteiger partial charge on any atom is -0.509 e. The Labute approximate surface area is 565 Å². The Morgan fingerprint density at radius 2 is 1.02 bits per heavy atom. The third kappa shape index (κ3) is 11.8. The Morgan fingerprint density at radius 1 is 0.473 bits per heavy atom. The summed E-state index contributed by atoms with van der Waals surface area (Å²) < 4.78 is 16.3. The Balaban J connectivity index is 0.00000832. The summed E-state index contributed by atoms with van der Waals surface area (Å²) in [6.45, 7) is 51.4. The second kappa shape index (κ2) is 23.1. The first-order valence-corrected chi connectivity index (χ1v) is 32.4. The van der Waals surface area contributed by atoms with Crippen molar-refractivity contribution in [2.75, 3.05) is 9.80 Å². The molecule has 0 saturated heterocycles. The minimum atomic E-state index is -0.212. The maximum atomic E-state index is 8.03. The first-order chi connectivity index (χ1) is 43.3. The molecule has 13 rings (SSSR count). The largest absolute Gasteiger partial charge is 0.509 e. The van der Waals surface area contributed by atoms with E-state index in [-0.39, 0.29) is 53.6 Å². The summed E-state index contributed by atoms with van der Waals surface area (Å²) in [4.78, 5) is 13.6. The molecule has 0 N–H and O–H groups in total. The number of hydrogen-bond donors (Lipinski definition) is 0. The summed E-state index contributed by atoms with van der Waals surface area (Å²) in [6, 6.07) is 69.5. The smallest absolute Gasteiger partial charge is 0.229 e. The van der Waals surface area contributed by atoms with Crippen LogP contribution in [0.4, 0.5) is 28.4 Å². The molecule has 0 amide bonds. The van der Waals surface area contributed by atoms with E-state index in [4.69, 9.17) is 20.7 Å². The molecular formula is C85H84N5O2Pt-3. The van der Waals surface area contributed by atoms with Gasteiger partial charge in [-0.15, -0.1) is 48.3 Å². The standard InChI is InChI=1S/C85H84N5O2.Pt/c1-80(2,3)55-34-30-52(31-35-55)65-46-58(83(10,11)12)47-66(53-32-36-56(37-33-53)81(4,5)6)77(65)89-51-88(70-28-20-21-29-71(70)89)59-44-54(75-67(84(13,14)15)25-23-26-68(75)85(16,17)18)45-61(49-59)91-60-38-39-64-73(50-60)90(74-48-57(42-43-87-74)82(7,8)9)72-41-40-63-62-24-22-27-69(86-19)78(62)92-79(63)76(64)72;/h20-48,51H,1-18H3;/q-3;. The fraction of sp³-hybridized carbons (Fsp3) is 0.282. The molecule has 0 radical (unpaired) electrons. The maximum absolute atomic E-state index is 8.03. The molecule has 93 heavy (non-hydrogen) atoms. The van der Waals surface area contributed by atoms with Crippen LogP contribution in [0.15, 0.2) is 180 Å². The summed E-state index contributed by atoms with van der Waals surface area (Å²) >= 11 is 0. The van der Waals surface area contributed by atoms with Crippen LogP contribution in [0, 0.1) is 25.4 Å². The molecule has 0 spiro atoms. The minimum absolute atomic E-state index is 0. The summed E-state index contributed by atoms with van der Waals surface area (Å²) in [7, 11) is 0. The summed E-state index contributed by atoms with van der Waals surface area (Å²) in [5.41, 5.74) is 20.9. The van der Waals surface area contributed by atoms with Crippen LogP contribution >= 0.6 is 0 Å². The van der Waals surface area contributed by atoms with Gasteiger partial charge in [-0.25, -0.2) is 9.83 Å². The number of para-hydroxylation sites is 3. The molecule has 7 nitrogen and oxygen atoms in total. The zero-order valence-electron chi connectivity index (χ0n) is 57.2. The Morgan fingerprint density at radius 3 is 1.58 bits per heavy atom. The maximum Gasteiger partial charge on any atom is 0.229 e. The van der Waals surface area contributed by atoms with E-state index in [0.717, 1.165) is 94.5 Å². The number of hydrogen-bond acceptors (Lipinski definition) is 5. The number of rotatable bonds is 8. The zero-order chi connectivity index (χ0) is 65.4. The van der Waals surface area contributed by atoms with Crippen LogP contribution in [-0.4, -0.2) is 9.55 Å². The van der Waals surface area contributed by atoms with E-state index in [9.17, 15) is 0 Å². The van der Waals surface area contributed by atoms with Gasteiger partial charge in [-0.3, -0.25) is 0 Å². The fourth-order valence-electron chi connectivity index (χ4n) is 13.3. The normalized spacial score (nSPS) is 13.3. The van der Waals surface area contributed by atoms with Crippen molar-refractivity contribution in [3.8, 4) is 50.7 Å². The molecule has 0 unspecified atom stereocenters. The first kappa shape index (κ1) is 64.4. The van der Waals surface area contributed by atoms with Crippen LogP contribution in [0.25, 0.3) is 87.8 Å².